The van der Waals surface area contributed by atoms with Crippen molar-refractivity contribution in [1.82, 2.24) is 0 Å². The van der Waals surface area contributed by atoms with Crippen LogP contribution in [-0.4, -0.2) is 0 Å². The molecule has 0 aromatic rings. The van der Waals surface area contributed by atoms with Crippen LogP contribution in [0.25, 0.3) is 0 Å². The molecule has 7 heavy (non-hydrogen) atoms. The summed E-state index contributed by atoms with van der Waals surface area (Å²) < 4.78 is 0. The highest BCUT2D eigenvalue weighted by Gasteiger charge is 2.00. The van der Waals surface area contributed by atoms with E-state index in [-0.39, 0.29) is 0 Å². The van der Waals surface area contributed by atoms with Gasteiger partial charge in [-0.05, 0) is 31.3 Å². The predicted octanol–water partition coefficient (Wildman–Crippen LogP) is 2.17. The maximum absolute atomic E-state index is 3.21. The van der Waals surface area contributed by atoms with Gasteiger partial charge < -0.3 is 0 Å². The molecule has 0 spiro atoms. The Morgan fingerprint density at radius 1 is 1.71 bits per heavy atom. The van der Waals surface area contributed by atoms with Crippen molar-refractivity contribution < 1.29 is 0 Å². The highest BCUT2D eigenvalue weighted by atomic mass is 14.1. The van der Waals surface area contributed by atoms with Crippen molar-refractivity contribution in [3.05, 3.63) is 12.2 Å². The van der Waals surface area contributed by atoms with Crippen LogP contribution in [0.15, 0.2) is 6.08 Å². The summed E-state index contributed by atoms with van der Waals surface area (Å²) in [6, 6.07) is 0. The minimum absolute atomic E-state index is 0.894. The first kappa shape index (κ1) is 4.89. The number of rotatable bonds is 0. The van der Waals surface area contributed by atoms with E-state index in [0.717, 1.165) is 5.92 Å². The fraction of sp³-hybridized carbons (Fsp3) is 0.714. The zero-order valence-corrected chi connectivity index (χ0v) is 4.78. The second-order valence-electron chi connectivity index (χ2n) is 2.29. The Morgan fingerprint density at radius 3 is 2.86 bits per heavy atom. The lowest BCUT2D eigenvalue weighted by Gasteiger charge is -2.09. The van der Waals surface area contributed by atoms with Crippen LogP contribution in [-0.2, 0) is 0 Å². The molecule has 39 valence electrons. The van der Waals surface area contributed by atoms with Crippen molar-refractivity contribution in [3.63, 3.8) is 0 Å². The van der Waals surface area contributed by atoms with Crippen molar-refractivity contribution in [2.45, 2.75) is 26.2 Å². The zero-order chi connectivity index (χ0) is 5.11. The van der Waals surface area contributed by atoms with Gasteiger partial charge in [-0.3, -0.25) is 0 Å². The van der Waals surface area contributed by atoms with Crippen LogP contribution < -0.4 is 0 Å². The normalized spacial score (nSPS) is 30.7. The van der Waals surface area contributed by atoms with E-state index in [2.05, 4.69) is 19.1 Å². The maximum Gasteiger partial charge on any atom is -0.0253 e. The molecule has 0 saturated carbocycles. The van der Waals surface area contributed by atoms with Gasteiger partial charge in [-0.15, -0.1) is 0 Å². The van der Waals surface area contributed by atoms with E-state index in [1.807, 2.05) is 0 Å². The Hall–Kier alpha value is -0.260. The van der Waals surface area contributed by atoms with Gasteiger partial charge in [-0.2, -0.15) is 0 Å². The topological polar surface area (TPSA) is 0 Å². The maximum atomic E-state index is 3.21. The van der Waals surface area contributed by atoms with Crippen LogP contribution in [0.4, 0.5) is 0 Å². The highest BCUT2D eigenvalue weighted by molar-refractivity contribution is 4.81. The molecule has 0 nitrogen and oxygen atoms in total. The van der Waals surface area contributed by atoms with Gasteiger partial charge in [-0.25, -0.2) is 0 Å². The van der Waals surface area contributed by atoms with E-state index in [1.54, 1.807) is 0 Å². The van der Waals surface area contributed by atoms with Crippen LogP contribution in [0.3, 0.4) is 0 Å². The minimum atomic E-state index is 0.894. The average molecular weight is 95.2 g/mol. The van der Waals surface area contributed by atoms with Crippen molar-refractivity contribution in [2.75, 3.05) is 0 Å². The Bertz CT molecular complexity index is 72.1. The SMILES string of the molecule is CC1C[C]=CCC1. The molecule has 0 fully saturated rings. The minimum Gasteiger partial charge on any atom is -0.0810 e. The standard InChI is InChI=1S/C7H11/c1-7-5-3-2-4-6-7/h2,7H,3,5-6H2,1H3. The third kappa shape index (κ3) is 1.34. The molecule has 1 atom stereocenters. The number of hydrogen-bond acceptors (Lipinski definition) is 0. The first-order valence-electron chi connectivity index (χ1n) is 2.94. The molecule has 0 aromatic heterocycles. The summed E-state index contributed by atoms with van der Waals surface area (Å²) in [4.78, 5) is 0. The van der Waals surface area contributed by atoms with Crippen LogP contribution in [0.2, 0.25) is 0 Å². The summed E-state index contributed by atoms with van der Waals surface area (Å²) in [6.45, 7) is 2.28. The third-order valence-corrected chi connectivity index (χ3v) is 1.41. The van der Waals surface area contributed by atoms with E-state index in [0.29, 0.717) is 0 Å². The van der Waals surface area contributed by atoms with Crippen molar-refractivity contribution in [1.29, 1.82) is 0 Å². The van der Waals surface area contributed by atoms with Crippen LogP contribution in [0, 0.1) is 12.0 Å². The molecule has 1 radical (unpaired) electrons. The molecule has 1 aliphatic rings. The molecule has 1 aliphatic carbocycles. The second-order valence-corrected chi connectivity index (χ2v) is 2.29. The van der Waals surface area contributed by atoms with Gasteiger partial charge >= 0.3 is 0 Å². The van der Waals surface area contributed by atoms with Gasteiger partial charge in [0.1, 0.15) is 0 Å². The van der Waals surface area contributed by atoms with Gasteiger partial charge in [0, 0.05) is 0 Å². The molecular weight excluding hydrogens is 84.1 g/mol. The lowest BCUT2D eigenvalue weighted by atomic mass is 9.97. The summed E-state index contributed by atoms with van der Waals surface area (Å²) in [5, 5.41) is 0. The molecule has 0 aliphatic heterocycles. The van der Waals surface area contributed by atoms with Crippen molar-refractivity contribution in [3.8, 4) is 0 Å². The molecule has 0 amide bonds. The number of hydrogen-bond donors (Lipinski definition) is 0. The van der Waals surface area contributed by atoms with Crippen LogP contribution in [0.5, 0.6) is 0 Å². The first-order valence-corrected chi connectivity index (χ1v) is 2.94. The van der Waals surface area contributed by atoms with E-state index < -0.39 is 0 Å². The quantitative estimate of drug-likeness (QED) is 0.432. The highest BCUT2D eigenvalue weighted by Crippen LogP contribution is 2.15. The molecule has 0 heterocycles. The summed E-state index contributed by atoms with van der Waals surface area (Å²) in [5.74, 6) is 0.894. The molecule has 1 unspecified atom stereocenters. The Balaban J connectivity index is 2.32. The summed E-state index contributed by atoms with van der Waals surface area (Å²) in [7, 11) is 0. The van der Waals surface area contributed by atoms with Crippen LogP contribution in [0.1, 0.15) is 26.2 Å². The van der Waals surface area contributed by atoms with E-state index in [1.165, 1.54) is 19.3 Å². The molecule has 0 heteroatoms. The molecular formula is C7H11. The van der Waals surface area contributed by atoms with E-state index in [4.69, 9.17) is 0 Å². The summed E-state index contributed by atoms with van der Waals surface area (Å²) in [6.07, 6.45) is 9.16. The smallest absolute Gasteiger partial charge is 0.0253 e. The zero-order valence-electron chi connectivity index (χ0n) is 4.78. The van der Waals surface area contributed by atoms with Gasteiger partial charge in [0.25, 0.3) is 0 Å². The van der Waals surface area contributed by atoms with Crippen molar-refractivity contribution >= 4 is 0 Å². The van der Waals surface area contributed by atoms with Crippen LogP contribution >= 0.6 is 0 Å². The Morgan fingerprint density at radius 2 is 2.57 bits per heavy atom. The summed E-state index contributed by atoms with van der Waals surface area (Å²) >= 11 is 0. The first-order chi connectivity index (χ1) is 3.39. The summed E-state index contributed by atoms with van der Waals surface area (Å²) in [5.41, 5.74) is 0. The third-order valence-electron chi connectivity index (χ3n) is 1.41. The lowest BCUT2D eigenvalue weighted by molar-refractivity contribution is 0.519. The largest absolute Gasteiger partial charge is 0.0810 e. The lowest BCUT2D eigenvalue weighted by Crippen LogP contribution is -1.95. The van der Waals surface area contributed by atoms with Gasteiger partial charge in [0.15, 0.2) is 0 Å². The Kier molecular flexibility index (Phi) is 1.50. The average Bonchev–Trinajstić information content (AvgIpc) is 1.69. The molecule has 0 aromatic carbocycles. The van der Waals surface area contributed by atoms with E-state index in [9.17, 15) is 0 Å². The fourth-order valence-corrected chi connectivity index (χ4v) is 0.856. The fourth-order valence-electron chi connectivity index (χ4n) is 0.856. The predicted molar refractivity (Wildman–Crippen MR) is 30.8 cm³/mol. The number of allylic oxidation sites excluding steroid dienone is 2. The monoisotopic (exact) mass is 95.1 g/mol. The molecule has 0 saturated heterocycles. The molecule has 0 N–H and O–H groups in total. The van der Waals surface area contributed by atoms with E-state index >= 15 is 0 Å². The Labute approximate surface area is 45.2 Å². The molecule has 1 rings (SSSR count). The van der Waals surface area contributed by atoms with Gasteiger partial charge in [0.05, 0.1) is 0 Å². The second kappa shape index (κ2) is 2.15. The molecule has 0 bridgehead atoms. The van der Waals surface area contributed by atoms with Gasteiger partial charge in [-0.1, -0.05) is 13.0 Å². The van der Waals surface area contributed by atoms with Gasteiger partial charge in [0.2, 0.25) is 0 Å². The van der Waals surface area contributed by atoms with Crippen molar-refractivity contribution in [2.24, 2.45) is 5.92 Å².